The van der Waals surface area contributed by atoms with Crippen molar-refractivity contribution in [2.75, 3.05) is 13.2 Å². The van der Waals surface area contributed by atoms with Gasteiger partial charge in [0.05, 0.1) is 5.39 Å². The van der Waals surface area contributed by atoms with Gasteiger partial charge in [0.2, 0.25) is 0 Å². The van der Waals surface area contributed by atoms with E-state index in [1.807, 2.05) is 36.4 Å². The summed E-state index contributed by atoms with van der Waals surface area (Å²) in [6.45, 7) is 2.06. The second kappa shape index (κ2) is 8.24. The van der Waals surface area contributed by atoms with E-state index in [0.717, 1.165) is 11.3 Å². The number of para-hydroxylation sites is 1. The molecule has 1 N–H and O–H groups in total. The number of pyridine rings is 1. The predicted octanol–water partition coefficient (Wildman–Crippen LogP) is 3.59. The minimum absolute atomic E-state index is 0.102. The van der Waals surface area contributed by atoms with Crippen LogP contribution in [0.3, 0.4) is 0 Å². The van der Waals surface area contributed by atoms with Crippen molar-refractivity contribution in [3.8, 4) is 17.3 Å². The van der Waals surface area contributed by atoms with Gasteiger partial charge in [-0.2, -0.15) is 0 Å². The number of rotatable bonds is 6. The zero-order valence-corrected chi connectivity index (χ0v) is 16.4. The Morgan fingerprint density at radius 1 is 1.10 bits per heavy atom. The average Bonchev–Trinajstić information content (AvgIpc) is 3.09. The van der Waals surface area contributed by atoms with E-state index in [1.165, 1.54) is 0 Å². The van der Waals surface area contributed by atoms with Crippen molar-refractivity contribution < 1.29 is 14.3 Å². The molecule has 7 nitrogen and oxygen atoms in total. The molecular weight excluding hydrogens is 390 g/mol. The molecular formula is C21H17N3O4S. The Hall–Kier alpha value is -3.52. The molecule has 0 bridgehead atoms. The number of nitrogens with one attached hydrogen (secondary N) is 1. The van der Waals surface area contributed by atoms with Crippen LogP contribution in [0.5, 0.6) is 5.75 Å². The van der Waals surface area contributed by atoms with Crippen molar-refractivity contribution in [2.24, 2.45) is 0 Å². The van der Waals surface area contributed by atoms with Crippen LogP contribution in [0, 0.1) is 6.92 Å². The maximum atomic E-state index is 12.6. The second-order valence-corrected chi connectivity index (χ2v) is 7.16. The molecule has 29 heavy (non-hydrogen) atoms. The second-order valence-electron chi connectivity index (χ2n) is 6.16. The fraction of sp³-hybridized carbons (Fsp3) is 0.143. The van der Waals surface area contributed by atoms with E-state index in [2.05, 4.69) is 15.0 Å². The number of aryl methyl sites for hydroxylation is 1. The van der Waals surface area contributed by atoms with Crippen molar-refractivity contribution in [3.63, 3.8) is 0 Å². The predicted molar refractivity (Wildman–Crippen MR) is 110 cm³/mol. The van der Waals surface area contributed by atoms with E-state index in [9.17, 15) is 9.59 Å². The number of carbonyl (C=O) groups excluding carboxylic acids is 1. The first-order chi connectivity index (χ1) is 14.1. The summed E-state index contributed by atoms with van der Waals surface area (Å²) in [5.74, 6) is 0.570. The number of carbonyl (C=O) groups is 1. The number of aromatic nitrogens is 3. The highest BCUT2D eigenvalue weighted by atomic mass is 32.1. The van der Waals surface area contributed by atoms with Crippen molar-refractivity contribution >= 4 is 27.5 Å². The summed E-state index contributed by atoms with van der Waals surface area (Å²) in [6, 6.07) is 14.6. The molecule has 4 aromatic rings. The maximum Gasteiger partial charge on any atom is 0.348 e. The number of nitrogens with zero attached hydrogens (tertiary/aromatic N) is 2. The van der Waals surface area contributed by atoms with Gasteiger partial charge in [-0.1, -0.05) is 24.3 Å². The summed E-state index contributed by atoms with van der Waals surface area (Å²) in [4.78, 5) is 37.3. The lowest BCUT2D eigenvalue weighted by molar-refractivity contribution is 0.0455. The Bertz CT molecular complexity index is 1200. The first-order valence-electron chi connectivity index (χ1n) is 8.93. The number of benzene rings is 1. The monoisotopic (exact) mass is 407 g/mol. The van der Waals surface area contributed by atoms with Crippen molar-refractivity contribution in [1.82, 2.24) is 15.0 Å². The smallest absolute Gasteiger partial charge is 0.348 e. The van der Waals surface area contributed by atoms with Gasteiger partial charge in [0.1, 0.15) is 34.4 Å². The van der Waals surface area contributed by atoms with Gasteiger partial charge >= 0.3 is 5.97 Å². The molecule has 8 heteroatoms. The number of hydrogen-bond acceptors (Lipinski definition) is 7. The Morgan fingerprint density at radius 3 is 2.66 bits per heavy atom. The molecule has 0 aliphatic carbocycles. The summed E-state index contributed by atoms with van der Waals surface area (Å²) in [7, 11) is 0. The highest BCUT2D eigenvalue weighted by molar-refractivity contribution is 7.20. The number of H-pyrrole nitrogens is 1. The molecule has 0 saturated carbocycles. The van der Waals surface area contributed by atoms with Crippen LogP contribution in [-0.4, -0.2) is 34.1 Å². The fourth-order valence-electron chi connectivity index (χ4n) is 2.84. The van der Waals surface area contributed by atoms with E-state index in [1.54, 1.807) is 25.3 Å². The Morgan fingerprint density at radius 2 is 1.90 bits per heavy atom. The molecule has 0 aliphatic rings. The van der Waals surface area contributed by atoms with Gasteiger partial charge in [0.15, 0.2) is 5.82 Å². The SMILES string of the molecule is Cc1c(C(=O)OCCOc2ccccc2)sc2nc(-c3ccccn3)[nH]c(=O)c12. The first kappa shape index (κ1) is 18.8. The fourth-order valence-corrected chi connectivity index (χ4v) is 3.91. The van der Waals surface area contributed by atoms with Crippen LogP contribution >= 0.6 is 11.3 Å². The zero-order valence-electron chi connectivity index (χ0n) is 15.5. The van der Waals surface area contributed by atoms with Crippen LogP contribution in [0.25, 0.3) is 21.7 Å². The number of hydrogen-bond donors (Lipinski definition) is 1. The Labute approximate surface area is 170 Å². The lowest BCUT2D eigenvalue weighted by Crippen LogP contribution is -2.13. The number of esters is 1. The first-order valence-corrected chi connectivity index (χ1v) is 9.75. The molecule has 0 fully saturated rings. The molecule has 0 unspecified atom stereocenters. The molecule has 0 radical (unpaired) electrons. The largest absolute Gasteiger partial charge is 0.490 e. The van der Waals surface area contributed by atoms with E-state index in [-0.39, 0.29) is 18.8 Å². The van der Waals surface area contributed by atoms with Gasteiger partial charge in [-0.25, -0.2) is 9.78 Å². The summed E-state index contributed by atoms with van der Waals surface area (Å²) in [5.41, 5.74) is 0.802. The summed E-state index contributed by atoms with van der Waals surface area (Å²) in [5, 5.41) is 0.391. The molecule has 3 heterocycles. The molecule has 4 rings (SSSR count). The molecule has 146 valence electrons. The van der Waals surface area contributed by atoms with Crippen LogP contribution in [-0.2, 0) is 4.74 Å². The minimum Gasteiger partial charge on any atom is -0.490 e. The van der Waals surface area contributed by atoms with Gasteiger partial charge in [-0.15, -0.1) is 11.3 Å². The molecule has 3 aromatic heterocycles. The van der Waals surface area contributed by atoms with Crippen molar-refractivity contribution in [2.45, 2.75) is 6.92 Å². The Balaban J connectivity index is 1.51. The van der Waals surface area contributed by atoms with E-state index in [0.29, 0.717) is 37.9 Å². The number of thiophene rings is 1. The highest BCUT2D eigenvalue weighted by Gasteiger charge is 2.21. The van der Waals surface area contributed by atoms with Crippen molar-refractivity contribution in [1.29, 1.82) is 0 Å². The molecule has 0 aliphatic heterocycles. The summed E-state index contributed by atoms with van der Waals surface area (Å²) < 4.78 is 10.8. The van der Waals surface area contributed by atoms with Gasteiger partial charge in [-0.3, -0.25) is 9.78 Å². The summed E-state index contributed by atoms with van der Waals surface area (Å²) >= 11 is 1.14. The van der Waals surface area contributed by atoms with Gasteiger partial charge in [0.25, 0.3) is 5.56 Å². The molecule has 0 saturated heterocycles. The van der Waals surface area contributed by atoms with Crippen molar-refractivity contribution in [3.05, 3.63) is 75.5 Å². The van der Waals surface area contributed by atoms with Crippen LogP contribution < -0.4 is 10.3 Å². The lowest BCUT2D eigenvalue weighted by atomic mass is 10.2. The third-order valence-corrected chi connectivity index (χ3v) is 5.39. The van der Waals surface area contributed by atoms with Crippen LogP contribution in [0.4, 0.5) is 0 Å². The average molecular weight is 407 g/mol. The van der Waals surface area contributed by atoms with Gasteiger partial charge < -0.3 is 14.5 Å². The van der Waals surface area contributed by atoms with E-state index < -0.39 is 5.97 Å². The van der Waals surface area contributed by atoms with Gasteiger partial charge in [0, 0.05) is 6.20 Å². The van der Waals surface area contributed by atoms with E-state index >= 15 is 0 Å². The molecule has 0 amide bonds. The Kier molecular flexibility index (Phi) is 5.35. The number of aromatic amines is 1. The highest BCUT2D eigenvalue weighted by Crippen LogP contribution is 2.28. The van der Waals surface area contributed by atoms with E-state index in [4.69, 9.17) is 9.47 Å². The minimum atomic E-state index is -0.499. The third-order valence-electron chi connectivity index (χ3n) is 4.22. The standard InChI is InChI=1S/C21H17N3O4S/c1-13-16-19(25)23-18(15-9-5-6-10-22-15)24-20(16)29-17(13)21(26)28-12-11-27-14-7-3-2-4-8-14/h2-10H,11-12H2,1H3,(H,23,24,25). The zero-order chi connectivity index (χ0) is 20.2. The van der Waals surface area contributed by atoms with Crippen LogP contribution in [0.15, 0.2) is 59.5 Å². The van der Waals surface area contributed by atoms with Gasteiger partial charge in [-0.05, 0) is 36.8 Å². The maximum absolute atomic E-state index is 12.6. The normalized spacial score (nSPS) is 10.8. The van der Waals surface area contributed by atoms with Crippen LogP contribution in [0.1, 0.15) is 15.2 Å². The molecule has 0 atom stereocenters. The van der Waals surface area contributed by atoms with Crippen LogP contribution in [0.2, 0.25) is 0 Å². The summed E-state index contributed by atoms with van der Waals surface area (Å²) in [6.07, 6.45) is 1.62. The lowest BCUT2D eigenvalue weighted by Gasteiger charge is -2.06. The molecule has 1 aromatic carbocycles. The third kappa shape index (κ3) is 4.02. The topological polar surface area (TPSA) is 94.2 Å². The molecule has 0 spiro atoms. The number of ether oxygens (including phenoxy) is 2. The number of fused-ring (bicyclic) bond motifs is 1. The quantitative estimate of drug-likeness (QED) is 0.388.